The van der Waals surface area contributed by atoms with Crippen LogP contribution in [0.15, 0.2) is 64.6 Å². The van der Waals surface area contributed by atoms with Crippen LogP contribution in [0.4, 0.5) is 5.69 Å². The van der Waals surface area contributed by atoms with E-state index < -0.39 is 10.8 Å². The van der Waals surface area contributed by atoms with Crippen LogP contribution < -0.4 is 5.43 Å². The minimum Gasteiger partial charge on any atom is -0.266 e. The molecule has 0 radical (unpaired) electrons. The fourth-order valence-corrected chi connectivity index (χ4v) is 2.71. The fourth-order valence-electron chi connectivity index (χ4n) is 2.21. The molecule has 0 bridgehead atoms. The van der Waals surface area contributed by atoms with Gasteiger partial charge in [0.25, 0.3) is 11.6 Å². The Bertz CT molecular complexity index is 986. The number of hydrogen-bond acceptors (Lipinski definition) is 6. The molecule has 0 aliphatic carbocycles. The fraction of sp³-hybridized carbons (Fsp3) is 0.0588. The highest BCUT2D eigenvalue weighted by atomic mass is 79.9. The maximum Gasteiger partial charge on any atom is 0.293 e. The predicted molar refractivity (Wildman–Crippen MR) is 101 cm³/mol. The molecule has 0 saturated carbocycles. The predicted octanol–water partition coefficient (Wildman–Crippen LogP) is 2.76. The van der Waals surface area contributed by atoms with Crippen molar-refractivity contribution in [1.82, 2.24) is 20.2 Å². The molecule has 0 aliphatic heterocycles. The van der Waals surface area contributed by atoms with Crippen molar-refractivity contribution in [3.05, 3.63) is 86.4 Å². The average molecular weight is 429 g/mol. The molecule has 0 spiro atoms. The first-order valence-electron chi connectivity index (χ1n) is 7.72. The Labute approximate surface area is 162 Å². The molecule has 27 heavy (non-hydrogen) atoms. The van der Waals surface area contributed by atoms with E-state index in [-0.39, 0.29) is 11.4 Å². The number of nitro benzene ring substituents is 1. The smallest absolute Gasteiger partial charge is 0.266 e. The van der Waals surface area contributed by atoms with E-state index in [1.807, 2.05) is 0 Å². The van der Waals surface area contributed by atoms with E-state index in [4.69, 9.17) is 0 Å². The van der Waals surface area contributed by atoms with Crippen molar-refractivity contribution in [2.75, 3.05) is 0 Å². The quantitative estimate of drug-likeness (QED) is 0.368. The number of aromatic nitrogens is 3. The lowest BCUT2D eigenvalue weighted by molar-refractivity contribution is -0.384. The molecular formula is C17H13BrN6O3. The molecule has 9 nitrogen and oxygen atoms in total. The van der Waals surface area contributed by atoms with Crippen LogP contribution in [0.1, 0.15) is 21.6 Å². The SMILES string of the molecule is O=C(N/N=C\c1cccnc1)c1nn(Cc2ccc([N+](=O)[O-])cc2)cc1Br. The highest BCUT2D eigenvalue weighted by Crippen LogP contribution is 2.17. The van der Waals surface area contributed by atoms with Crippen LogP contribution in [0.25, 0.3) is 0 Å². The van der Waals surface area contributed by atoms with E-state index in [1.165, 1.54) is 18.3 Å². The average Bonchev–Trinajstić information content (AvgIpc) is 3.03. The van der Waals surface area contributed by atoms with Crippen LogP contribution in [0, 0.1) is 10.1 Å². The topological polar surface area (TPSA) is 115 Å². The molecule has 2 aromatic heterocycles. The number of rotatable bonds is 6. The van der Waals surface area contributed by atoms with Crippen LogP contribution in [0.5, 0.6) is 0 Å². The van der Waals surface area contributed by atoms with E-state index in [2.05, 4.69) is 36.5 Å². The van der Waals surface area contributed by atoms with E-state index >= 15 is 0 Å². The maximum atomic E-state index is 12.2. The number of carbonyl (C=O) groups is 1. The maximum absolute atomic E-state index is 12.2. The Morgan fingerprint density at radius 1 is 1.33 bits per heavy atom. The highest BCUT2D eigenvalue weighted by Gasteiger charge is 2.15. The summed E-state index contributed by atoms with van der Waals surface area (Å²) in [7, 11) is 0. The number of nitro groups is 1. The molecule has 3 aromatic rings. The van der Waals surface area contributed by atoms with Gasteiger partial charge < -0.3 is 0 Å². The van der Waals surface area contributed by atoms with Gasteiger partial charge in [0.05, 0.1) is 22.2 Å². The summed E-state index contributed by atoms with van der Waals surface area (Å²) in [6, 6.07) is 9.71. The third kappa shape index (κ3) is 4.82. The number of nitrogens with one attached hydrogen (secondary N) is 1. The van der Waals surface area contributed by atoms with E-state index in [9.17, 15) is 14.9 Å². The summed E-state index contributed by atoms with van der Waals surface area (Å²) < 4.78 is 2.07. The van der Waals surface area contributed by atoms with Crippen molar-refractivity contribution in [3.8, 4) is 0 Å². The molecule has 1 amide bonds. The second kappa shape index (κ2) is 8.32. The van der Waals surface area contributed by atoms with Gasteiger partial charge in [0.2, 0.25) is 0 Å². The summed E-state index contributed by atoms with van der Waals surface area (Å²) in [6.45, 7) is 0.364. The number of hydrogen-bond donors (Lipinski definition) is 1. The van der Waals surface area contributed by atoms with Crippen molar-refractivity contribution >= 4 is 33.7 Å². The number of carbonyl (C=O) groups excluding carboxylic acids is 1. The molecular weight excluding hydrogens is 416 g/mol. The third-order valence-electron chi connectivity index (χ3n) is 3.49. The van der Waals surface area contributed by atoms with E-state index in [1.54, 1.807) is 47.5 Å². The van der Waals surface area contributed by atoms with Gasteiger partial charge in [-0.05, 0) is 27.6 Å². The zero-order valence-corrected chi connectivity index (χ0v) is 15.4. The largest absolute Gasteiger partial charge is 0.293 e. The van der Waals surface area contributed by atoms with Gasteiger partial charge in [0, 0.05) is 36.3 Å². The second-order valence-electron chi connectivity index (χ2n) is 5.43. The Kier molecular flexibility index (Phi) is 5.67. The first kappa shape index (κ1) is 18.4. The number of halogens is 1. The summed E-state index contributed by atoms with van der Waals surface area (Å²) in [5.41, 5.74) is 4.18. The molecule has 1 aromatic carbocycles. The Hall–Kier alpha value is -3.40. The van der Waals surface area contributed by atoms with Crippen molar-refractivity contribution in [2.24, 2.45) is 5.10 Å². The highest BCUT2D eigenvalue weighted by molar-refractivity contribution is 9.10. The van der Waals surface area contributed by atoms with Crippen LogP contribution in [-0.4, -0.2) is 31.8 Å². The third-order valence-corrected chi connectivity index (χ3v) is 4.07. The summed E-state index contributed by atoms with van der Waals surface area (Å²) in [4.78, 5) is 26.4. The van der Waals surface area contributed by atoms with Crippen LogP contribution >= 0.6 is 15.9 Å². The minimum atomic E-state index is -0.468. The van der Waals surface area contributed by atoms with Gasteiger partial charge in [-0.1, -0.05) is 18.2 Å². The molecule has 0 fully saturated rings. The zero-order valence-electron chi connectivity index (χ0n) is 13.8. The first-order chi connectivity index (χ1) is 13.0. The van der Waals surface area contributed by atoms with Crippen LogP contribution in [-0.2, 0) is 6.54 Å². The molecule has 0 saturated heterocycles. The molecule has 0 aliphatic rings. The molecule has 1 N–H and O–H groups in total. The molecule has 0 unspecified atom stereocenters. The van der Waals surface area contributed by atoms with Crippen molar-refractivity contribution in [1.29, 1.82) is 0 Å². The van der Waals surface area contributed by atoms with E-state index in [0.717, 1.165) is 11.1 Å². The second-order valence-corrected chi connectivity index (χ2v) is 6.29. The summed E-state index contributed by atoms with van der Waals surface area (Å²) in [6.07, 6.45) is 6.39. The van der Waals surface area contributed by atoms with Gasteiger partial charge in [-0.15, -0.1) is 0 Å². The van der Waals surface area contributed by atoms with Gasteiger partial charge in [-0.25, -0.2) is 5.43 Å². The number of nitrogens with zero attached hydrogens (tertiary/aromatic N) is 5. The summed E-state index contributed by atoms with van der Waals surface area (Å²) in [5, 5.41) is 18.8. The Morgan fingerprint density at radius 2 is 2.11 bits per heavy atom. The van der Waals surface area contributed by atoms with Crippen molar-refractivity contribution in [3.63, 3.8) is 0 Å². The van der Waals surface area contributed by atoms with Crippen LogP contribution in [0.2, 0.25) is 0 Å². The molecule has 2 heterocycles. The molecule has 0 atom stereocenters. The number of benzene rings is 1. The molecule has 3 rings (SSSR count). The Balaban J connectivity index is 1.65. The molecule has 136 valence electrons. The lowest BCUT2D eigenvalue weighted by atomic mass is 10.2. The summed E-state index contributed by atoms with van der Waals surface area (Å²) >= 11 is 3.30. The van der Waals surface area contributed by atoms with Gasteiger partial charge in [-0.3, -0.25) is 24.6 Å². The van der Waals surface area contributed by atoms with Gasteiger partial charge >= 0.3 is 0 Å². The zero-order chi connectivity index (χ0) is 19.2. The lowest BCUT2D eigenvalue weighted by Gasteiger charge is -2.01. The standard InChI is InChI=1S/C17H13BrN6O3/c18-15-11-23(10-12-3-5-14(6-4-12)24(26)27)22-16(15)17(25)21-20-9-13-2-1-7-19-8-13/h1-9,11H,10H2,(H,21,25)/b20-9-. The van der Waals surface area contributed by atoms with Gasteiger partial charge in [-0.2, -0.15) is 10.2 Å². The minimum absolute atomic E-state index is 0.0203. The monoisotopic (exact) mass is 428 g/mol. The van der Waals surface area contributed by atoms with E-state index in [0.29, 0.717) is 11.0 Å². The number of amides is 1. The lowest BCUT2D eigenvalue weighted by Crippen LogP contribution is -2.19. The number of non-ortho nitro benzene ring substituents is 1. The van der Waals surface area contributed by atoms with Crippen LogP contribution in [0.3, 0.4) is 0 Å². The van der Waals surface area contributed by atoms with Gasteiger partial charge in [0.1, 0.15) is 0 Å². The van der Waals surface area contributed by atoms with Gasteiger partial charge in [0.15, 0.2) is 5.69 Å². The first-order valence-corrected chi connectivity index (χ1v) is 8.52. The number of pyridine rings is 1. The van der Waals surface area contributed by atoms with Crippen molar-refractivity contribution in [2.45, 2.75) is 6.54 Å². The molecule has 10 heteroatoms. The summed E-state index contributed by atoms with van der Waals surface area (Å²) in [5.74, 6) is -0.468. The number of hydrazone groups is 1. The van der Waals surface area contributed by atoms with Crippen molar-refractivity contribution < 1.29 is 9.72 Å². The normalized spacial score (nSPS) is 10.9. The Morgan fingerprint density at radius 3 is 2.78 bits per heavy atom.